The monoisotopic (exact) mass is 222 g/mol. The van der Waals surface area contributed by atoms with Crippen LogP contribution in [0.1, 0.15) is 17.6 Å². The molecule has 0 aliphatic heterocycles. The lowest BCUT2D eigenvalue weighted by Gasteiger charge is -2.02. The number of aryl methyl sites for hydroxylation is 2. The lowest BCUT2D eigenvalue weighted by Crippen LogP contribution is -2.05. The Bertz CT molecular complexity index is 432. The fraction of sp³-hybridized carbons (Fsp3) is 0.400. The second-order valence-corrected chi connectivity index (χ2v) is 4.41. The number of thiazole rings is 1. The summed E-state index contributed by atoms with van der Waals surface area (Å²) in [5.74, 6) is 1.02. The summed E-state index contributed by atoms with van der Waals surface area (Å²) in [5.41, 5.74) is 0. The van der Waals surface area contributed by atoms with Gasteiger partial charge >= 0.3 is 0 Å². The van der Waals surface area contributed by atoms with Gasteiger partial charge in [0.15, 0.2) is 5.13 Å². The first-order valence-corrected chi connectivity index (χ1v) is 5.76. The number of anilines is 1. The van der Waals surface area contributed by atoms with Crippen molar-refractivity contribution < 1.29 is 0 Å². The van der Waals surface area contributed by atoms with Crippen LogP contribution in [-0.2, 0) is 20.0 Å². The zero-order chi connectivity index (χ0) is 10.7. The molecule has 80 valence electrons. The van der Waals surface area contributed by atoms with Gasteiger partial charge < -0.3 is 9.88 Å². The largest absolute Gasteiger partial charge is 0.354 e. The van der Waals surface area contributed by atoms with Crippen LogP contribution >= 0.6 is 11.3 Å². The van der Waals surface area contributed by atoms with E-state index in [1.807, 2.05) is 24.0 Å². The normalized spacial score (nSPS) is 10.5. The Balaban J connectivity index is 1.96. The number of nitrogens with one attached hydrogen (secondary N) is 1. The van der Waals surface area contributed by atoms with Crippen molar-refractivity contribution in [3.05, 3.63) is 29.3 Å². The lowest BCUT2D eigenvalue weighted by molar-refractivity contribution is 0.812. The van der Waals surface area contributed by atoms with Gasteiger partial charge in [-0.1, -0.05) is 6.92 Å². The number of rotatable bonds is 4. The molecular formula is C10H14N4S. The third kappa shape index (κ3) is 2.36. The topological polar surface area (TPSA) is 42.7 Å². The molecule has 2 heterocycles. The summed E-state index contributed by atoms with van der Waals surface area (Å²) in [6.07, 6.45) is 6.71. The molecular weight excluding hydrogens is 208 g/mol. The van der Waals surface area contributed by atoms with Crippen LogP contribution in [-0.4, -0.2) is 14.5 Å². The van der Waals surface area contributed by atoms with Gasteiger partial charge in [-0.05, 0) is 6.42 Å². The average molecular weight is 222 g/mol. The van der Waals surface area contributed by atoms with Gasteiger partial charge in [0.2, 0.25) is 0 Å². The average Bonchev–Trinajstić information content (AvgIpc) is 2.84. The first-order valence-electron chi connectivity index (χ1n) is 4.94. The highest BCUT2D eigenvalue weighted by molar-refractivity contribution is 7.15. The molecule has 2 aromatic heterocycles. The maximum Gasteiger partial charge on any atom is 0.183 e. The fourth-order valence-electron chi connectivity index (χ4n) is 1.27. The maximum absolute atomic E-state index is 4.29. The van der Waals surface area contributed by atoms with Gasteiger partial charge in [0.05, 0.1) is 6.54 Å². The van der Waals surface area contributed by atoms with Crippen molar-refractivity contribution in [1.29, 1.82) is 0 Å². The molecule has 0 aliphatic carbocycles. The second kappa shape index (κ2) is 4.44. The molecule has 0 amide bonds. The Kier molecular flexibility index (Phi) is 3.01. The number of imidazole rings is 1. The van der Waals surface area contributed by atoms with E-state index in [4.69, 9.17) is 0 Å². The van der Waals surface area contributed by atoms with Gasteiger partial charge in [-0.2, -0.15) is 0 Å². The van der Waals surface area contributed by atoms with Crippen molar-refractivity contribution in [2.24, 2.45) is 7.05 Å². The predicted molar refractivity (Wildman–Crippen MR) is 62.0 cm³/mol. The SMILES string of the molecule is CCc1cnc(NCc2nccn2C)s1. The molecule has 0 saturated carbocycles. The smallest absolute Gasteiger partial charge is 0.183 e. The highest BCUT2D eigenvalue weighted by Crippen LogP contribution is 2.18. The number of hydrogen-bond acceptors (Lipinski definition) is 4. The first kappa shape index (κ1) is 10.2. The van der Waals surface area contributed by atoms with E-state index < -0.39 is 0 Å². The Hall–Kier alpha value is -1.36. The molecule has 0 aromatic carbocycles. The summed E-state index contributed by atoms with van der Waals surface area (Å²) in [5, 5.41) is 4.23. The molecule has 0 radical (unpaired) electrons. The summed E-state index contributed by atoms with van der Waals surface area (Å²) >= 11 is 1.70. The van der Waals surface area contributed by atoms with Gasteiger partial charge in [0.1, 0.15) is 5.82 Å². The van der Waals surface area contributed by atoms with Gasteiger partial charge in [0.25, 0.3) is 0 Å². The molecule has 15 heavy (non-hydrogen) atoms. The summed E-state index contributed by atoms with van der Waals surface area (Å²) < 4.78 is 2.00. The van der Waals surface area contributed by atoms with Crippen LogP contribution in [0.15, 0.2) is 18.6 Å². The Morgan fingerprint density at radius 2 is 2.33 bits per heavy atom. The molecule has 4 nitrogen and oxygen atoms in total. The van der Waals surface area contributed by atoms with E-state index in [2.05, 4.69) is 22.2 Å². The standard InChI is InChI=1S/C10H14N4S/c1-3-8-6-12-10(15-8)13-7-9-11-4-5-14(9)2/h4-6H,3,7H2,1-2H3,(H,12,13). The van der Waals surface area contributed by atoms with Crippen molar-refractivity contribution in [3.63, 3.8) is 0 Å². The van der Waals surface area contributed by atoms with Crippen LogP contribution in [0.25, 0.3) is 0 Å². The van der Waals surface area contributed by atoms with Crippen LogP contribution in [0.5, 0.6) is 0 Å². The van der Waals surface area contributed by atoms with Crippen molar-refractivity contribution >= 4 is 16.5 Å². The van der Waals surface area contributed by atoms with Gasteiger partial charge in [-0.15, -0.1) is 11.3 Å². The van der Waals surface area contributed by atoms with E-state index in [0.717, 1.165) is 23.9 Å². The van der Waals surface area contributed by atoms with Crippen molar-refractivity contribution in [2.75, 3.05) is 5.32 Å². The van der Waals surface area contributed by atoms with E-state index in [-0.39, 0.29) is 0 Å². The van der Waals surface area contributed by atoms with E-state index in [9.17, 15) is 0 Å². The van der Waals surface area contributed by atoms with Crippen molar-refractivity contribution in [3.8, 4) is 0 Å². The maximum atomic E-state index is 4.29. The zero-order valence-electron chi connectivity index (χ0n) is 8.90. The minimum atomic E-state index is 0.722. The summed E-state index contributed by atoms with van der Waals surface area (Å²) in [4.78, 5) is 9.82. The number of aromatic nitrogens is 3. The van der Waals surface area contributed by atoms with E-state index in [1.165, 1.54) is 4.88 Å². The molecule has 0 aliphatic rings. The quantitative estimate of drug-likeness (QED) is 0.861. The number of nitrogens with zero attached hydrogens (tertiary/aromatic N) is 3. The highest BCUT2D eigenvalue weighted by atomic mass is 32.1. The molecule has 5 heteroatoms. The summed E-state index contributed by atoms with van der Waals surface area (Å²) in [6, 6.07) is 0. The Morgan fingerprint density at radius 3 is 2.93 bits per heavy atom. The lowest BCUT2D eigenvalue weighted by atomic mass is 10.4. The molecule has 2 aromatic rings. The van der Waals surface area contributed by atoms with Crippen molar-refractivity contribution in [2.45, 2.75) is 19.9 Å². The summed E-state index contributed by atoms with van der Waals surface area (Å²) in [6.45, 7) is 2.86. The van der Waals surface area contributed by atoms with Crippen LogP contribution in [0.2, 0.25) is 0 Å². The Morgan fingerprint density at radius 1 is 1.47 bits per heavy atom. The van der Waals surface area contributed by atoms with E-state index in [0.29, 0.717) is 0 Å². The molecule has 0 spiro atoms. The Labute approximate surface area is 93.0 Å². The molecule has 0 unspecified atom stereocenters. The van der Waals surface area contributed by atoms with Gasteiger partial charge in [-0.25, -0.2) is 9.97 Å². The van der Waals surface area contributed by atoms with Crippen LogP contribution in [0, 0.1) is 0 Å². The molecule has 0 bridgehead atoms. The van der Waals surface area contributed by atoms with Gasteiger partial charge in [0, 0.05) is 30.5 Å². The second-order valence-electron chi connectivity index (χ2n) is 3.29. The number of hydrogen-bond donors (Lipinski definition) is 1. The molecule has 1 N–H and O–H groups in total. The first-order chi connectivity index (χ1) is 7.29. The predicted octanol–water partition coefficient (Wildman–Crippen LogP) is 2.05. The van der Waals surface area contributed by atoms with E-state index in [1.54, 1.807) is 17.5 Å². The third-order valence-corrected chi connectivity index (χ3v) is 3.32. The molecule has 0 atom stereocenters. The van der Waals surface area contributed by atoms with Crippen LogP contribution < -0.4 is 5.32 Å². The highest BCUT2D eigenvalue weighted by Gasteiger charge is 2.02. The van der Waals surface area contributed by atoms with Crippen LogP contribution in [0.3, 0.4) is 0 Å². The fourth-order valence-corrected chi connectivity index (χ4v) is 2.02. The minimum absolute atomic E-state index is 0.722. The van der Waals surface area contributed by atoms with Gasteiger partial charge in [-0.3, -0.25) is 0 Å². The third-order valence-electron chi connectivity index (χ3n) is 2.22. The zero-order valence-corrected chi connectivity index (χ0v) is 9.71. The molecule has 0 saturated heterocycles. The van der Waals surface area contributed by atoms with E-state index >= 15 is 0 Å². The summed E-state index contributed by atoms with van der Waals surface area (Å²) in [7, 11) is 1.99. The van der Waals surface area contributed by atoms with Crippen LogP contribution in [0.4, 0.5) is 5.13 Å². The van der Waals surface area contributed by atoms with Crippen molar-refractivity contribution in [1.82, 2.24) is 14.5 Å². The minimum Gasteiger partial charge on any atom is -0.354 e. The molecule has 0 fully saturated rings. The molecule has 2 rings (SSSR count).